The molecular formula is C14H18N4O2. The Hall–Kier alpha value is -2.37. The number of carbonyl (C=O) groups excluding carboxylic acids is 1. The van der Waals surface area contributed by atoms with Gasteiger partial charge < -0.3 is 10.5 Å². The maximum Gasteiger partial charge on any atom is 0.356 e. The van der Waals surface area contributed by atoms with Crippen LogP contribution in [0.5, 0.6) is 0 Å². The number of esters is 1. The molecule has 6 heteroatoms. The molecule has 2 aromatic heterocycles. The number of nitrogens with two attached hydrogens (primary N) is 1. The van der Waals surface area contributed by atoms with E-state index in [0.717, 1.165) is 29.9 Å². The molecule has 0 saturated carbocycles. The van der Waals surface area contributed by atoms with E-state index in [1.165, 1.54) is 7.11 Å². The summed E-state index contributed by atoms with van der Waals surface area (Å²) in [5, 5.41) is 4.51. The largest absolute Gasteiger partial charge is 0.464 e. The Balaban J connectivity index is 2.54. The number of carbonyl (C=O) groups is 1. The molecule has 20 heavy (non-hydrogen) atoms. The molecule has 0 unspecified atom stereocenters. The van der Waals surface area contributed by atoms with Crippen LogP contribution in [-0.2, 0) is 17.6 Å². The Labute approximate surface area is 117 Å². The normalized spacial score (nSPS) is 10.6. The fourth-order valence-corrected chi connectivity index (χ4v) is 2.10. The van der Waals surface area contributed by atoms with Crippen LogP contribution in [0.2, 0.25) is 0 Å². The first-order valence-corrected chi connectivity index (χ1v) is 6.53. The third-order valence-corrected chi connectivity index (χ3v) is 3.15. The van der Waals surface area contributed by atoms with Crippen LogP contribution in [0, 0.1) is 0 Å². The van der Waals surface area contributed by atoms with E-state index in [0.29, 0.717) is 5.69 Å². The summed E-state index contributed by atoms with van der Waals surface area (Å²) in [5.41, 5.74) is 9.61. The number of aryl methyl sites for hydroxylation is 1. The van der Waals surface area contributed by atoms with Crippen molar-refractivity contribution < 1.29 is 9.53 Å². The Morgan fingerprint density at radius 1 is 1.40 bits per heavy atom. The number of nitrogen functional groups attached to an aromatic ring is 1. The highest BCUT2D eigenvalue weighted by molar-refractivity contribution is 5.87. The van der Waals surface area contributed by atoms with Crippen LogP contribution < -0.4 is 5.73 Å². The maximum absolute atomic E-state index is 11.5. The van der Waals surface area contributed by atoms with Crippen LogP contribution in [-0.4, -0.2) is 27.8 Å². The number of rotatable bonds is 4. The molecule has 0 radical (unpaired) electrons. The van der Waals surface area contributed by atoms with E-state index >= 15 is 0 Å². The zero-order valence-corrected chi connectivity index (χ0v) is 11.9. The molecule has 2 aromatic rings. The molecule has 0 spiro atoms. The molecule has 0 aliphatic heterocycles. The second-order valence-corrected chi connectivity index (χ2v) is 4.32. The van der Waals surface area contributed by atoms with Crippen molar-refractivity contribution in [2.45, 2.75) is 26.7 Å². The van der Waals surface area contributed by atoms with Gasteiger partial charge in [-0.2, -0.15) is 5.10 Å². The molecule has 0 aliphatic rings. The molecule has 0 saturated heterocycles. The lowest BCUT2D eigenvalue weighted by Crippen LogP contribution is -2.08. The fourth-order valence-electron chi connectivity index (χ4n) is 2.10. The fraction of sp³-hybridized carbons (Fsp3) is 0.357. The number of aromatic nitrogens is 3. The lowest BCUT2D eigenvalue weighted by atomic mass is 10.2. The predicted molar refractivity (Wildman–Crippen MR) is 75.9 cm³/mol. The number of hydrogen-bond donors (Lipinski definition) is 1. The third kappa shape index (κ3) is 2.36. The number of nitrogens with zero attached hydrogens (tertiary/aromatic N) is 3. The van der Waals surface area contributed by atoms with Crippen molar-refractivity contribution >= 4 is 11.7 Å². The molecule has 6 nitrogen and oxygen atoms in total. The van der Waals surface area contributed by atoms with E-state index in [1.807, 2.05) is 13.8 Å². The van der Waals surface area contributed by atoms with Crippen LogP contribution in [0.4, 0.5) is 5.69 Å². The van der Waals surface area contributed by atoms with E-state index in [2.05, 4.69) is 14.8 Å². The molecule has 2 rings (SSSR count). The van der Waals surface area contributed by atoms with Gasteiger partial charge in [0.05, 0.1) is 29.9 Å². The standard InChI is InChI=1S/C14H18N4O2/c1-4-10-13(15)12(5-2)18(17-10)9-6-7-16-11(8-9)14(19)20-3/h6-8H,4-5,15H2,1-3H3. The summed E-state index contributed by atoms with van der Waals surface area (Å²) in [6.07, 6.45) is 3.08. The average molecular weight is 274 g/mol. The molecular weight excluding hydrogens is 256 g/mol. The van der Waals surface area contributed by atoms with Crippen LogP contribution in [0.25, 0.3) is 5.69 Å². The van der Waals surface area contributed by atoms with Crippen molar-refractivity contribution in [3.05, 3.63) is 35.4 Å². The van der Waals surface area contributed by atoms with Crippen molar-refractivity contribution in [2.24, 2.45) is 0 Å². The van der Waals surface area contributed by atoms with Crippen molar-refractivity contribution in [1.82, 2.24) is 14.8 Å². The number of pyridine rings is 1. The number of anilines is 1. The van der Waals surface area contributed by atoms with Crippen molar-refractivity contribution in [3.63, 3.8) is 0 Å². The quantitative estimate of drug-likeness (QED) is 0.859. The van der Waals surface area contributed by atoms with Crippen molar-refractivity contribution in [1.29, 1.82) is 0 Å². The predicted octanol–water partition coefficient (Wildman–Crippen LogP) is 1.76. The van der Waals surface area contributed by atoms with Gasteiger partial charge in [0.2, 0.25) is 0 Å². The second-order valence-electron chi connectivity index (χ2n) is 4.32. The van der Waals surface area contributed by atoms with Gasteiger partial charge in [-0.25, -0.2) is 14.5 Å². The minimum Gasteiger partial charge on any atom is -0.464 e. The summed E-state index contributed by atoms with van der Waals surface area (Å²) >= 11 is 0. The summed E-state index contributed by atoms with van der Waals surface area (Å²) in [6.45, 7) is 4.03. The molecule has 0 atom stereocenters. The third-order valence-electron chi connectivity index (χ3n) is 3.15. The molecule has 106 valence electrons. The Morgan fingerprint density at radius 2 is 2.15 bits per heavy atom. The maximum atomic E-state index is 11.5. The highest BCUT2D eigenvalue weighted by Gasteiger charge is 2.15. The van der Waals surface area contributed by atoms with Gasteiger partial charge >= 0.3 is 5.97 Å². The Morgan fingerprint density at radius 3 is 2.75 bits per heavy atom. The SMILES string of the molecule is CCc1nn(-c2ccnc(C(=O)OC)c2)c(CC)c1N. The number of ether oxygens (including phenoxy) is 1. The van der Waals surface area contributed by atoms with E-state index in [9.17, 15) is 4.79 Å². The molecule has 0 aromatic carbocycles. The zero-order valence-electron chi connectivity index (χ0n) is 11.9. The molecule has 2 N–H and O–H groups in total. The molecule has 0 bridgehead atoms. The first-order valence-electron chi connectivity index (χ1n) is 6.53. The van der Waals surface area contributed by atoms with E-state index < -0.39 is 5.97 Å². The van der Waals surface area contributed by atoms with E-state index in [-0.39, 0.29) is 5.69 Å². The summed E-state index contributed by atoms with van der Waals surface area (Å²) in [6, 6.07) is 3.44. The highest BCUT2D eigenvalue weighted by atomic mass is 16.5. The minimum absolute atomic E-state index is 0.249. The second kappa shape index (κ2) is 5.73. The number of methoxy groups -OCH3 is 1. The van der Waals surface area contributed by atoms with Crippen LogP contribution in [0.15, 0.2) is 18.3 Å². The summed E-state index contributed by atoms with van der Waals surface area (Å²) < 4.78 is 6.44. The van der Waals surface area contributed by atoms with Gasteiger partial charge in [-0.3, -0.25) is 0 Å². The lowest BCUT2D eigenvalue weighted by Gasteiger charge is -2.07. The minimum atomic E-state index is -0.472. The van der Waals surface area contributed by atoms with Gasteiger partial charge in [0.25, 0.3) is 0 Å². The summed E-state index contributed by atoms with van der Waals surface area (Å²) in [7, 11) is 1.33. The van der Waals surface area contributed by atoms with Gasteiger partial charge in [-0.1, -0.05) is 13.8 Å². The first kappa shape index (κ1) is 14.0. The van der Waals surface area contributed by atoms with Gasteiger partial charge in [0.1, 0.15) is 5.69 Å². The molecule has 0 amide bonds. The topological polar surface area (TPSA) is 83.0 Å². The first-order chi connectivity index (χ1) is 9.62. The molecule has 0 aliphatic carbocycles. The van der Waals surface area contributed by atoms with Gasteiger partial charge in [0, 0.05) is 6.20 Å². The van der Waals surface area contributed by atoms with Crippen molar-refractivity contribution in [2.75, 3.05) is 12.8 Å². The van der Waals surface area contributed by atoms with Gasteiger partial charge in [-0.05, 0) is 25.0 Å². The Kier molecular flexibility index (Phi) is 4.02. The van der Waals surface area contributed by atoms with Crippen LogP contribution in [0.1, 0.15) is 35.7 Å². The average Bonchev–Trinajstić information content (AvgIpc) is 2.82. The monoisotopic (exact) mass is 274 g/mol. The summed E-state index contributed by atoms with van der Waals surface area (Å²) in [4.78, 5) is 15.5. The van der Waals surface area contributed by atoms with Crippen molar-refractivity contribution in [3.8, 4) is 5.69 Å². The van der Waals surface area contributed by atoms with Gasteiger partial charge in [0.15, 0.2) is 0 Å². The van der Waals surface area contributed by atoms with Crippen LogP contribution in [0.3, 0.4) is 0 Å². The Bertz CT molecular complexity index is 634. The smallest absolute Gasteiger partial charge is 0.356 e. The molecule has 0 fully saturated rings. The summed E-state index contributed by atoms with van der Waals surface area (Å²) in [5.74, 6) is -0.472. The number of hydrogen-bond acceptors (Lipinski definition) is 5. The highest BCUT2D eigenvalue weighted by Crippen LogP contribution is 2.22. The zero-order chi connectivity index (χ0) is 14.7. The molecule has 2 heterocycles. The van der Waals surface area contributed by atoms with Gasteiger partial charge in [-0.15, -0.1) is 0 Å². The lowest BCUT2D eigenvalue weighted by molar-refractivity contribution is 0.0594. The van der Waals surface area contributed by atoms with E-state index in [1.54, 1.807) is 23.0 Å². The van der Waals surface area contributed by atoms with E-state index in [4.69, 9.17) is 5.73 Å². The van der Waals surface area contributed by atoms with Crippen LogP contribution >= 0.6 is 0 Å².